The summed E-state index contributed by atoms with van der Waals surface area (Å²) in [6.07, 6.45) is 0. The number of benzene rings is 4. The third-order valence-electron chi connectivity index (χ3n) is 6.91. The molecule has 1 aromatic heterocycles. The lowest BCUT2D eigenvalue weighted by Gasteiger charge is -2.32. The van der Waals surface area contributed by atoms with Gasteiger partial charge in [0, 0.05) is 10.8 Å². The van der Waals surface area contributed by atoms with E-state index in [1.54, 1.807) is 0 Å². The zero-order chi connectivity index (χ0) is 20.7. The predicted octanol–water partition coefficient (Wildman–Crippen LogP) is 6.19. The topological polar surface area (TPSA) is 31.6 Å². The van der Waals surface area contributed by atoms with Gasteiger partial charge in [0.15, 0.2) is 0 Å². The van der Waals surface area contributed by atoms with Gasteiger partial charge in [-0.15, -0.1) is 0 Å². The van der Waals surface area contributed by atoms with Crippen LogP contribution in [-0.2, 0) is 9.31 Å². The van der Waals surface area contributed by atoms with Crippen LogP contribution in [0.15, 0.2) is 71.1 Å². The molecule has 1 aliphatic heterocycles. The first-order chi connectivity index (χ1) is 14.4. The lowest BCUT2D eigenvalue weighted by Crippen LogP contribution is -2.41. The molecule has 3 nitrogen and oxygen atoms in total. The molecule has 1 saturated heterocycles. The van der Waals surface area contributed by atoms with E-state index < -0.39 is 18.3 Å². The molecule has 0 amide bonds. The summed E-state index contributed by atoms with van der Waals surface area (Å²) in [6, 6.07) is 23.3. The summed E-state index contributed by atoms with van der Waals surface area (Å²) < 4.78 is 19.1. The van der Waals surface area contributed by atoms with Crippen molar-refractivity contribution in [2.45, 2.75) is 38.9 Å². The van der Waals surface area contributed by atoms with Gasteiger partial charge in [-0.3, -0.25) is 0 Å². The van der Waals surface area contributed by atoms with E-state index in [1.807, 2.05) is 0 Å². The van der Waals surface area contributed by atoms with Crippen LogP contribution in [0.2, 0.25) is 0 Å². The Morgan fingerprint density at radius 1 is 0.633 bits per heavy atom. The molecule has 5 aromatic rings. The molecule has 0 bridgehead atoms. The van der Waals surface area contributed by atoms with Crippen molar-refractivity contribution < 1.29 is 13.7 Å². The van der Waals surface area contributed by atoms with Crippen LogP contribution in [0.3, 0.4) is 0 Å². The maximum absolute atomic E-state index is 6.39. The zero-order valence-electron chi connectivity index (χ0n) is 17.7. The maximum atomic E-state index is 6.39. The van der Waals surface area contributed by atoms with Gasteiger partial charge in [0.2, 0.25) is 0 Å². The molecule has 1 aliphatic rings. The minimum Gasteiger partial charge on any atom is -0.456 e. The van der Waals surface area contributed by atoms with Gasteiger partial charge in [0.05, 0.1) is 11.2 Å². The highest BCUT2D eigenvalue weighted by Crippen LogP contribution is 2.40. The number of rotatable bonds is 1. The van der Waals surface area contributed by atoms with Crippen LogP contribution >= 0.6 is 0 Å². The molecule has 148 valence electrons. The molecule has 2 heterocycles. The average molecular weight is 394 g/mol. The fourth-order valence-electron chi connectivity index (χ4n) is 4.59. The van der Waals surface area contributed by atoms with Gasteiger partial charge in [0.25, 0.3) is 0 Å². The van der Waals surface area contributed by atoms with Gasteiger partial charge in [0.1, 0.15) is 11.2 Å². The Kier molecular flexibility index (Phi) is 3.52. The summed E-state index contributed by atoms with van der Waals surface area (Å²) in [5, 5.41) is 7.04. The van der Waals surface area contributed by atoms with E-state index >= 15 is 0 Å². The Labute approximate surface area is 175 Å². The van der Waals surface area contributed by atoms with Crippen molar-refractivity contribution in [3.05, 3.63) is 66.7 Å². The molecule has 0 radical (unpaired) electrons. The van der Waals surface area contributed by atoms with E-state index in [2.05, 4.69) is 94.4 Å². The van der Waals surface area contributed by atoms with Crippen LogP contribution in [0.25, 0.3) is 43.5 Å². The molecule has 0 spiro atoms. The molecule has 4 aromatic carbocycles. The number of fused-ring (bicyclic) bond motifs is 7. The van der Waals surface area contributed by atoms with Crippen LogP contribution in [-0.4, -0.2) is 18.3 Å². The second-order valence-corrected chi connectivity index (χ2v) is 9.23. The highest BCUT2D eigenvalue weighted by molar-refractivity contribution is 6.66. The summed E-state index contributed by atoms with van der Waals surface area (Å²) in [7, 11) is -0.436. The highest BCUT2D eigenvalue weighted by atomic mass is 16.7. The first-order valence-corrected chi connectivity index (χ1v) is 10.5. The minimum atomic E-state index is -0.436. The fraction of sp³-hybridized carbons (Fsp3) is 0.231. The fourth-order valence-corrected chi connectivity index (χ4v) is 4.59. The molecular formula is C26H23BO3. The number of furan rings is 1. The normalized spacial score (nSPS) is 18.2. The Balaban J connectivity index is 1.71. The predicted molar refractivity (Wildman–Crippen MR) is 124 cm³/mol. The van der Waals surface area contributed by atoms with Gasteiger partial charge < -0.3 is 13.7 Å². The quantitative estimate of drug-likeness (QED) is 0.318. The molecule has 0 saturated carbocycles. The van der Waals surface area contributed by atoms with Crippen LogP contribution in [0, 0.1) is 0 Å². The molecule has 30 heavy (non-hydrogen) atoms. The molecule has 0 N–H and O–H groups in total. The second kappa shape index (κ2) is 5.87. The highest BCUT2D eigenvalue weighted by Gasteiger charge is 2.52. The van der Waals surface area contributed by atoms with Crippen LogP contribution in [0.4, 0.5) is 0 Å². The third-order valence-corrected chi connectivity index (χ3v) is 6.91. The van der Waals surface area contributed by atoms with Gasteiger partial charge in [-0.2, -0.15) is 0 Å². The van der Waals surface area contributed by atoms with Gasteiger partial charge in [-0.25, -0.2) is 0 Å². The van der Waals surface area contributed by atoms with Crippen LogP contribution in [0.5, 0.6) is 0 Å². The summed E-state index contributed by atoms with van der Waals surface area (Å²) >= 11 is 0. The zero-order valence-corrected chi connectivity index (χ0v) is 17.7. The molecule has 0 unspecified atom stereocenters. The number of hydrogen-bond acceptors (Lipinski definition) is 3. The van der Waals surface area contributed by atoms with Crippen molar-refractivity contribution >= 4 is 56.1 Å². The van der Waals surface area contributed by atoms with E-state index in [9.17, 15) is 0 Å². The average Bonchev–Trinajstić information content (AvgIpc) is 3.21. The Bertz CT molecular complexity index is 1450. The van der Waals surface area contributed by atoms with Gasteiger partial charge >= 0.3 is 7.12 Å². The Morgan fingerprint density at radius 3 is 1.97 bits per heavy atom. The van der Waals surface area contributed by atoms with E-state index in [0.29, 0.717) is 0 Å². The van der Waals surface area contributed by atoms with E-state index in [-0.39, 0.29) is 0 Å². The van der Waals surface area contributed by atoms with Crippen molar-refractivity contribution in [3.8, 4) is 0 Å². The molecule has 6 rings (SSSR count). The molecule has 4 heteroatoms. The summed E-state index contributed by atoms with van der Waals surface area (Å²) in [5.74, 6) is 0. The van der Waals surface area contributed by atoms with Crippen LogP contribution < -0.4 is 5.46 Å². The monoisotopic (exact) mass is 394 g/mol. The SMILES string of the molecule is CC1(C)OB(c2cc3oc4ccc5ccccc5c4c3c3ccccc23)OC1(C)C. The standard InChI is InChI=1S/C26H23BO3/c1-25(2)26(3,4)30-27(29-25)20-15-22-24(19-12-8-7-11-18(19)20)23-17-10-6-5-9-16(17)13-14-21(23)28-22/h5-15H,1-4H3. The summed E-state index contributed by atoms with van der Waals surface area (Å²) in [4.78, 5) is 0. The first kappa shape index (κ1) is 18.0. The Hall–Kier alpha value is -2.82. The van der Waals surface area contributed by atoms with E-state index in [0.717, 1.165) is 32.8 Å². The second-order valence-electron chi connectivity index (χ2n) is 9.23. The summed E-state index contributed by atoms with van der Waals surface area (Å²) in [5.41, 5.74) is 2.00. The number of hydrogen-bond donors (Lipinski definition) is 0. The van der Waals surface area contributed by atoms with E-state index in [4.69, 9.17) is 13.7 Å². The molecule has 0 aliphatic carbocycles. The van der Waals surface area contributed by atoms with Crippen molar-refractivity contribution in [2.24, 2.45) is 0 Å². The third kappa shape index (κ3) is 2.35. The largest absolute Gasteiger partial charge is 0.495 e. The Morgan fingerprint density at radius 2 is 1.23 bits per heavy atom. The first-order valence-electron chi connectivity index (χ1n) is 10.5. The molecule has 1 fully saturated rings. The van der Waals surface area contributed by atoms with E-state index in [1.165, 1.54) is 16.2 Å². The van der Waals surface area contributed by atoms with Crippen LogP contribution in [0.1, 0.15) is 27.7 Å². The lowest BCUT2D eigenvalue weighted by molar-refractivity contribution is 0.00578. The maximum Gasteiger partial charge on any atom is 0.495 e. The van der Waals surface area contributed by atoms with Crippen molar-refractivity contribution in [2.75, 3.05) is 0 Å². The van der Waals surface area contributed by atoms with Crippen molar-refractivity contribution in [1.29, 1.82) is 0 Å². The van der Waals surface area contributed by atoms with Crippen molar-refractivity contribution in [3.63, 3.8) is 0 Å². The molecular weight excluding hydrogens is 371 g/mol. The minimum absolute atomic E-state index is 0.391. The van der Waals surface area contributed by atoms with Gasteiger partial charge in [-0.1, -0.05) is 54.6 Å². The molecule has 0 atom stereocenters. The smallest absolute Gasteiger partial charge is 0.456 e. The lowest BCUT2D eigenvalue weighted by atomic mass is 9.75. The summed E-state index contributed by atoms with van der Waals surface area (Å²) in [6.45, 7) is 8.34. The van der Waals surface area contributed by atoms with Crippen molar-refractivity contribution in [1.82, 2.24) is 0 Å². The van der Waals surface area contributed by atoms with Gasteiger partial charge in [-0.05, 0) is 66.8 Å².